The fourth-order valence-corrected chi connectivity index (χ4v) is 6.47. The normalized spacial score (nSPS) is 17.9. The van der Waals surface area contributed by atoms with Crippen molar-refractivity contribution in [1.82, 2.24) is 25.5 Å². The van der Waals surface area contributed by atoms with Crippen LogP contribution in [0.15, 0.2) is 53.4 Å². The van der Waals surface area contributed by atoms with Crippen LogP contribution in [0.2, 0.25) is 0 Å². The number of ether oxygens (including phenoxy) is 1. The van der Waals surface area contributed by atoms with E-state index in [2.05, 4.69) is 46.1 Å². The van der Waals surface area contributed by atoms with Gasteiger partial charge in [-0.1, -0.05) is 45.0 Å². The summed E-state index contributed by atoms with van der Waals surface area (Å²) in [7, 11) is -4.12. The van der Waals surface area contributed by atoms with Crippen LogP contribution in [0.3, 0.4) is 0 Å². The van der Waals surface area contributed by atoms with E-state index in [-0.39, 0.29) is 46.9 Å². The molecule has 1 spiro atoms. The second-order valence-corrected chi connectivity index (χ2v) is 14.7. The van der Waals surface area contributed by atoms with Gasteiger partial charge in [-0.2, -0.15) is 4.98 Å². The molecule has 234 valence electrons. The smallest absolute Gasteiger partial charge is 0.317 e. The highest BCUT2D eigenvalue weighted by Crippen LogP contribution is 2.34. The van der Waals surface area contributed by atoms with Crippen molar-refractivity contribution in [2.75, 3.05) is 37.5 Å². The minimum absolute atomic E-state index is 0.0343. The Morgan fingerprint density at radius 2 is 1.73 bits per heavy atom. The second kappa shape index (κ2) is 12.1. The summed E-state index contributed by atoms with van der Waals surface area (Å²) >= 11 is 0. The first-order chi connectivity index (χ1) is 20.7. The van der Waals surface area contributed by atoms with Crippen molar-refractivity contribution < 1.29 is 22.7 Å². The molecule has 5 rings (SSSR count). The van der Waals surface area contributed by atoms with E-state index in [0.29, 0.717) is 38.2 Å². The molecule has 1 aromatic heterocycles. The van der Waals surface area contributed by atoms with Crippen LogP contribution < -0.4 is 20.1 Å². The molecule has 1 fully saturated rings. The predicted molar refractivity (Wildman–Crippen MR) is 168 cm³/mol. The molecule has 2 aliphatic heterocycles. The van der Waals surface area contributed by atoms with Gasteiger partial charge in [0.2, 0.25) is 11.8 Å². The molecule has 0 aliphatic carbocycles. The molecule has 2 aliphatic rings. The van der Waals surface area contributed by atoms with Gasteiger partial charge >= 0.3 is 6.03 Å². The van der Waals surface area contributed by atoms with Crippen molar-refractivity contribution in [2.45, 2.75) is 52.4 Å². The minimum Gasteiger partial charge on any atom is -0.477 e. The summed E-state index contributed by atoms with van der Waals surface area (Å²) < 4.78 is 35.5. The van der Waals surface area contributed by atoms with E-state index in [0.717, 1.165) is 16.7 Å². The maximum absolute atomic E-state index is 13.4. The fourth-order valence-electron chi connectivity index (χ4n) is 5.48. The Morgan fingerprint density at radius 3 is 2.41 bits per heavy atom. The van der Waals surface area contributed by atoms with Gasteiger partial charge in [0, 0.05) is 48.8 Å². The van der Waals surface area contributed by atoms with Gasteiger partial charge in [-0.05, 0) is 61.4 Å². The third-order valence-corrected chi connectivity index (χ3v) is 9.43. The third kappa shape index (κ3) is 7.12. The summed E-state index contributed by atoms with van der Waals surface area (Å²) in [4.78, 5) is 36.8. The molecule has 3 aromatic rings. The fraction of sp³-hybridized carbons (Fsp3) is 0.438. The number of carbonyl (C=O) groups excluding carboxylic acids is 2. The largest absolute Gasteiger partial charge is 0.477 e. The zero-order valence-corrected chi connectivity index (χ0v) is 26.7. The number of sulfonamides is 1. The topological polar surface area (TPSA) is 143 Å². The lowest BCUT2D eigenvalue weighted by Gasteiger charge is -2.41. The van der Waals surface area contributed by atoms with Crippen LogP contribution in [0.4, 0.5) is 10.7 Å². The quantitative estimate of drug-likeness (QED) is 0.382. The van der Waals surface area contributed by atoms with Gasteiger partial charge in [-0.25, -0.2) is 22.9 Å². The molecular formula is C32H40N6O5S. The lowest BCUT2D eigenvalue weighted by atomic mass is 9.79. The van der Waals surface area contributed by atoms with Gasteiger partial charge in [0.05, 0.1) is 17.2 Å². The van der Waals surface area contributed by atoms with Gasteiger partial charge in [0.1, 0.15) is 0 Å². The molecule has 0 atom stereocenters. The summed E-state index contributed by atoms with van der Waals surface area (Å²) in [5.41, 5.74) is 3.01. The van der Waals surface area contributed by atoms with E-state index in [1.807, 2.05) is 32.0 Å². The second-order valence-electron chi connectivity index (χ2n) is 13.0. The first-order valence-corrected chi connectivity index (χ1v) is 16.2. The number of nitrogens with zero attached hydrogens (tertiary/aromatic N) is 3. The SMILES string of the molecule is Cc1cccc(C)c1-c1cc2nc(n1)NS(=O)(=O)c1cccc(c1)C(=O)NCC1(CCN(C(=O)NCC(C)(C)C)CC1)CO2. The standard InChI is InChI=1S/C32H40N6O5S/c1-21-8-6-9-22(2)27(21)25-17-26-36-29(35-25)37-44(41,42)24-11-7-10-23(16-24)28(39)33-19-32(20-43-26)12-14-38(15-13-32)30(40)34-18-31(3,4)5/h6-11,16-17H,12-15,18-20H2,1-5H3,(H,33,39)(H,34,40)(H,35,36,37). The molecule has 4 bridgehead atoms. The Kier molecular flexibility index (Phi) is 8.57. The zero-order chi connectivity index (χ0) is 31.7. The summed E-state index contributed by atoms with van der Waals surface area (Å²) in [5, 5.41) is 6.01. The molecule has 12 heteroatoms. The number of anilines is 1. The molecule has 0 unspecified atom stereocenters. The molecule has 0 radical (unpaired) electrons. The molecule has 0 saturated carbocycles. The summed E-state index contributed by atoms with van der Waals surface area (Å²) in [6, 6.07) is 13.3. The number of piperidine rings is 1. The van der Waals surface area contributed by atoms with E-state index in [1.165, 1.54) is 18.2 Å². The first-order valence-electron chi connectivity index (χ1n) is 14.8. The van der Waals surface area contributed by atoms with Gasteiger partial charge < -0.3 is 20.3 Å². The van der Waals surface area contributed by atoms with Crippen molar-refractivity contribution >= 4 is 27.9 Å². The monoisotopic (exact) mass is 620 g/mol. The van der Waals surface area contributed by atoms with Crippen LogP contribution in [0.25, 0.3) is 11.3 Å². The molecule has 3 N–H and O–H groups in total. The van der Waals surface area contributed by atoms with Crippen LogP contribution in [0.1, 0.15) is 55.1 Å². The third-order valence-electron chi connectivity index (χ3n) is 8.10. The molecule has 3 amide bonds. The number of fused-ring (bicyclic) bond motifs is 4. The molecule has 1 saturated heterocycles. The Balaban J connectivity index is 1.50. The van der Waals surface area contributed by atoms with Gasteiger partial charge in [0.25, 0.3) is 15.9 Å². The summed E-state index contributed by atoms with van der Waals surface area (Å²) in [6.07, 6.45) is 1.18. The molecule has 11 nitrogen and oxygen atoms in total. The molecule has 44 heavy (non-hydrogen) atoms. The van der Waals surface area contributed by atoms with Crippen molar-refractivity contribution in [2.24, 2.45) is 10.8 Å². The number of carbonyl (C=O) groups is 2. The number of likely N-dealkylation sites (tertiary alicyclic amines) is 1. The highest BCUT2D eigenvalue weighted by Gasteiger charge is 2.38. The number of nitrogens with one attached hydrogen (secondary N) is 3. The number of benzene rings is 2. The average molecular weight is 621 g/mol. The number of hydrogen-bond acceptors (Lipinski definition) is 7. The van der Waals surface area contributed by atoms with Crippen molar-refractivity contribution in [1.29, 1.82) is 0 Å². The Morgan fingerprint density at radius 1 is 1.05 bits per heavy atom. The lowest BCUT2D eigenvalue weighted by Crippen LogP contribution is -2.53. The number of hydrogen-bond donors (Lipinski definition) is 3. The Bertz CT molecular complexity index is 1660. The molecule has 2 aromatic carbocycles. The van der Waals surface area contributed by atoms with E-state index in [4.69, 9.17) is 4.74 Å². The molecule has 3 heterocycles. The van der Waals surface area contributed by atoms with Gasteiger partial charge in [-0.3, -0.25) is 4.79 Å². The van der Waals surface area contributed by atoms with Crippen molar-refractivity contribution in [3.05, 3.63) is 65.2 Å². The summed E-state index contributed by atoms with van der Waals surface area (Å²) in [5.74, 6) is -0.320. The molecular weight excluding hydrogens is 580 g/mol. The van der Waals surface area contributed by atoms with E-state index in [9.17, 15) is 18.0 Å². The van der Waals surface area contributed by atoms with Crippen LogP contribution in [-0.2, 0) is 10.0 Å². The first kappa shape index (κ1) is 31.2. The number of amides is 3. The van der Waals surface area contributed by atoms with E-state index < -0.39 is 21.3 Å². The lowest BCUT2D eigenvalue weighted by molar-refractivity contribution is 0.0589. The number of aromatic nitrogens is 2. The van der Waals surface area contributed by atoms with E-state index >= 15 is 0 Å². The van der Waals surface area contributed by atoms with Gasteiger partial charge in [-0.15, -0.1) is 0 Å². The highest BCUT2D eigenvalue weighted by atomic mass is 32.2. The maximum atomic E-state index is 13.4. The summed E-state index contributed by atoms with van der Waals surface area (Å²) in [6.45, 7) is 12.2. The van der Waals surface area contributed by atoms with Crippen LogP contribution >= 0.6 is 0 Å². The number of urea groups is 1. The maximum Gasteiger partial charge on any atom is 0.317 e. The number of aryl methyl sites for hydroxylation is 2. The van der Waals surface area contributed by atoms with Crippen LogP contribution in [-0.4, -0.2) is 68.0 Å². The Hall–Kier alpha value is -4.19. The van der Waals surface area contributed by atoms with Crippen molar-refractivity contribution in [3.8, 4) is 17.1 Å². The van der Waals surface area contributed by atoms with E-state index in [1.54, 1.807) is 17.0 Å². The van der Waals surface area contributed by atoms with Crippen molar-refractivity contribution in [3.63, 3.8) is 0 Å². The minimum atomic E-state index is -4.12. The zero-order valence-electron chi connectivity index (χ0n) is 25.9. The predicted octanol–water partition coefficient (Wildman–Crippen LogP) is 4.52. The highest BCUT2D eigenvalue weighted by molar-refractivity contribution is 7.92. The van der Waals surface area contributed by atoms with Gasteiger partial charge in [0.15, 0.2) is 0 Å². The Labute approximate surface area is 258 Å². The van der Waals surface area contributed by atoms with Crippen LogP contribution in [0, 0.1) is 24.7 Å². The number of rotatable bonds is 2. The van der Waals surface area contributed by atoms with Crippen LogP contribution in [0.5, 0.6) is 5.88 Å². The average Bonchev–Trinajstić information content (AvgIpc) is 2.97.